The van der Waals surface area contributed by atoms with Crippen LogP contribution >= 0.6 is 0 Å². The second kappa shape index (κ2) is 9.09. The molecule has 0 saturated heterocycles. The van der Waals surface area contributed by atoms with E-state index in [4.69, 9.17) is 9.47 Å². The standard InChI is InChI=1S/C25H25N3O4/c1-16-6-4-7-18(12-16)28-21(24-20(25(28)30)8-5-11-26-24)14-23(29)27-15-17-13-19(31-2)9-10-22(17)32-3/h4-13,21H,14-15H2,1-3H3,(H,27,29)/t21-/m0/s1. The summed E-state index contributed by atoms with van der Waals surface area (Å²) in [6.45, 7) is 2.25. The van der Waals surface area contributed by atoms with E-state index in [1.165, 1.54) is 0 Å². The van der Waals surface area contributed by atoms with Crippen molar-refractivity contribution in [2.45, 2.75) is 25.9 Å². The van der Waals surface area contributed by atoms with Gasteiger partial charge in [0.05, 0.1) is 37.9 Å². The molecule has 0 spiro atoms. The number of benzene rings is 2. The van der Waals surface area contributed by atoms with Crippen LogP contribution in [-0.4, -0.2) is 31.0 Å². The van der Waals surface area contributed by atoms with E-state index in [1.807, 2.05) is 37.3 Å². The number of hydrogen-bond donors (Lipinski definition) is 1. The van der Waals surface area contributed by atoms with Gasteiger partial charge in [-0.15, -0.1) is 0 Å². The van der Waals surface area contributed by atoms with E-state index in [-0.39, 0.29) is 24.8 Å². The highest BCUT2D eigenvalue weighted by Gasteiger charge is 2.39. The van der Waals surface area contributed by atoms with Crippen molar-refractivity contribution in [3.05, 3.63) is 83.2 Å². The van der Waals surface area contributed by atoms with Gasteiger partial charge in [0, 0.05) is 24.0 Å². The molecule has 0 fully saturated rings. The maximum atomic E-state index is 13.2. The normalized spacial score (nSPS) is 14.8. The lowest BCUT2D eigenvalue weighted by molar-refractivity contribution is -0.121. The average molecular weight is 431 g/mol. The van der Waals surface area contributed by atoms with Gasteiger partial charge in [-0.25, -0.2) is 0 Å². The average Bonchev–Trinajstić information content (AvgIpc) is 3.09. The fourth-order valence-electron chi connectivity index (χ4n) is 3.98. The summed E-state index contributed by atoms with van der Waals surface area (Å²) in [6.07, 6.45) is 1.74. The van der Waals surface area contributed by atoms with Gasteiger partial charge in [-0.05, 0) is 55.0 Å². The lowest BCUT2D eigenvalue weighted by atomic mass is 10.1. The summed E-state index contributed by atoms with van der Waals surface area (Å²) in [4.78, 5) is 32.2. The second-order valence-electron chi connectivity index (χ2n) is 7.62. The smallest absolute Gasteiger partial charge is 0.260 e. The predicted molar refractivity (Wildman–Crippen MR) is 121 cm³/mol. The third-order valence-corrected chi connectivity index (χ3v) is 5.54. The Hall–Kier alpha value is -3.87. The number of carbonyl (C=O) groups excluding carboxylic acids is 2. The molecule has 0 bridgehead atoms. The number of fused-ring (bicyclic) bond motifs is 1. The number of nitrogens with one attached hydrogen (secondary N) is 1. The van der Waals surface area contributed by atoms with E-state index in [0.717, 1.165) is 16.8 Å². The number of rotatable bonds is 7. The van der Waals surface area contributed by atoms with Crippen LogP contribution in [0.3, 0.4) is 0 Å². The first-order chi connectivity index (χ1) is 15.5. The number of amides is 2. The second-order valence-corrected chi connectivity index (χ2v) is 7.62. The van der Waals surface area contributed by atoms with E-state index < -0.39 is 6.04 Å². The fourth-order valence-corrected chi connectivity index (χ4v) is 3.98. The molecule has 1 aliphatic rings. The summed E-state index contributed by atoms with van der Waals surface area (Å²) in [5.74, 6) is 1.01. The highest BCUT2D eigenvalue weighted by molar-refractivity contribution is 6.11. The van der Waals surface area contributed by atoms with Gasteiger partial charge in [0.2, 0.25) is 5.91 Å². The Bertz CT molecular complexity index is 1160. The van der Waals surface area contributed by atoms with Crippen LogP contribution in [0.1, 0.15) is 39.6 Å². The monoisotopic (exact) mass is 431 g/mol. The van der Waals surface area contributed by atoms with Crippen molar-refractivity contribution in [2.24, 2.45) is 0 Å². The summed E-state index contributed by atoms with van der Waals surface area (Å²) in [5, 5.41) is 2.94. The molecule has 2 heterocycles. The van der Waals surface area contributed by atoms with Gasteiger partial charge in [-0.1, -0.05) is 12.1 Å². The Morgan fingerprint density at radius 2 is 1.94 bits per heavy atom. The predicted octanol–water partition coefficient (Wildman–Crippen LogP) is 3.82. The quantitative estimate of drug-likeness (QED) is 0.615. The molecular formula is C25H25N3O4. The van der Waals surface area contributed by atoms with Gasteiger partial charge >= 0.3 is 0 Å². The molecule has 32 heavy (non-hydrogen) atoms. The minimum Gasteiger partial charge on any atom is -0.497 e. The van der Waals surface area contributed by atoms with Crippen molar-refractivity contribution in [1.29, 1.82) is 0 Å². The summed E-state index contributed by atoms with van der Waals surface area (Å²) < 4.78 is 10.7. The molecule has 2 amide bonds. The number of pyridine rings is 1. The highest BCUT2D eigenvalue weighted by Crippen LogP contribution is 2.38. The number of carbonyl (C=O) groups is 2. The van der Waals surface area contributed by atoms with Crippen molar-refractivity contribution in [1.82, 2.24) is 10.3 Å². The van der Waals surface area contributed by atoms with E-state index in [9.17, 15) is 9.59 Å². The summed E-state index contributed by atoms with van der Waals surface area (Å²) in [7, 11) is 3.17. The number of hydrogen-bond acceptors (Lipinski definition) is 5. The molecule has 7 heteroatoms. The van der Waals surface area contributed by atoms with Gasteiger partial charge < -0.3 is 14.8 Å². The molecule has 1 atom stereocenters. The van der Waals surface area contributed by atoms with Crippen molar-refractivity contribution >= 4 is 17.5 Å². The molecule has 1 aliphatic heterocycles. The van der Waals surface area contributed by atoms with Gasteiger partial charge in [-0.2, -0.15) is 0 Å². The minimum absolute atomic E-state index is 0.0932. The first-order valence-electron chi connectivity index (χ1n) is 10.3. The number of aromatic nitrogens is 1. The number of methoxy groups -OCH3 is 2. The zero-order valence-corrected chi connectivity index (χ0v) is 18.3. The van der Waals surface area contributed by atoms with E-state index in [0.29, 0.717) is 22.8 Å². The van der Waals surface area contributed by atoms with Crippen molar-refractivity contribution in [3.8, 4) is 11.5 Å². The van der Waals surface area contributed by atoms with Crippen LogP contribution in [0.2, 0.25) is 0 Å². The Morgan fingerprint density at radius 3 is 2.69 bits per heavy atom. The van der Waals surface area contributed by atoms with Crippen LogP contribution in [-0.2, 0) is 11.3 Å². The van der Waals surface area contributed by atoms with Crippen molar-refractivity contribution in [3.63, 3.8) is 0 Å². The van der Waals surface area contributed by atoms with E-state index in [2.05, 4.69) is 10.3 Å². The number of nitrogens with zero attached hydrogens (tertiary/aromatic N) is 2. The summed E-state index contributed by atoms with van der Waals surface area (Å²) in [6, 6.07) is 16.1. The number of ether oxygens (including phenoxy) is 2. The largest absolute Gasteiger partial charge is 0.497 e. The molecule has 0 radical (unpaired) electrons. The number of aryl methyl sites for hydroxylation is 1. The molecule has 7 nitrogen and oxygen atoms in total. The lowest BCUT2D eigenvalue weighted by Crippen LogP contribution is -2.33. The van der Waals surface area contributed by atoms with E-state index in [1.54, 1.807) is 49.6 Å². The lowest BCUT2D eigenvalue weighted by Gasteiger charge is -2.25. The zero-order valence-electron chi connectivity index (χ0n) is 18.3. The molecule has 164 valence electrons. The Morgan fingerprint density at radius 1 is 1.09 bits per heavy atom. The van der Waals surface area contributed by atoms with Crippen LogP contribution in [0.4, 0.5) is 5.69 Å². The van der Waals surface area contributed by atoms with Crippen molar-refractivity contribution < 1.29 is 19.1 Å². The molecule has 3 aromatic rings. The minimum atomic E-state index is -0.479. The third-order valence-electron chi connectivity index (χ3n) is 5.54. The van der Waals surface area contributed by atoms with Gasteiger partial charge in [0.25, 0.3) is 5.91 Å². The maximum Gasteiger partial charge on any atom is 0.260 e. The van der Waals surface area contributed by atoms with Crippen LogP contribution in [0.25, 0.3) is 0 Å². The molecule has 4 rings (SSSR count). The van der Waals surface area contributed by atoms with Gasteiger partial charge in [0.15, 0.2) is 0 Å². The summed E-state index contributed by atoms with van der Waals surface area (Å²) >= 11 is 0. The van der Waals surface area contributed by atoms with Crippen LogP contribution in [0.15, 0.2) is 60.8 Å². The Labute approximate surface area is 187 Å². The Balaban J connectivity index is 1.56. The van der Waals surface area contributed by atoms with Crippen LogP contribution < -0.4 is 19.7 Å². The summed E-state index contributed by atoms with van der Waals surface area (Å²) in [5.41, 5.74) is 3.74. The van der Waals surface area contributed by atoms with E-state index >= 15 is 0 Å². The topological polar surface area (TPSA) is 80.8 Å². The van der Waals surface area contributed by atoms with Crippen LogP contribution in [0, 0.1) is 6.92 Å². The zero-order chi connectivity index (χ0) is 22.7. The SMILES string of the molecule is COc1ccc(OC)c(CNC(=O)C[C@H]2c3ncccc3C(=O)N2c2cccc(C)c2)c1. The van der Waals surface area contributed by atoms with Gasteiger partial charge in [-0.3, -0.25) is 19.5 Å². The fraction of sp³-hybridized carbons (Fsp3) is 0.240. The third kappa shape index (κ3) is 4.14. The molecule has 2 aromatic carbocycles. The van der Waals surface area contributed by atoms with Gasteiger partial charge in [0.1, 0.15) is 11.5 Å². The molecule has 1 aromatic heterocycles. The molecule has 0 saturated carbocycles. The first-order valence-corrected chi connectivity index (χ1v) is 10.3. The van der Waals surface area contributed by atoms with Crippen LogP contribution in [0.5, 0.6) is 11.5 Å². The molecule has 0 unspecified atom stereocenters. The maximum absolute atomic E-state index is 13.2. The molecule has 1 N–H and O–H groups in total. The molecule has 0 aliphatic carbocycles. The Kier molecular flexibility index (Phi) is 6.07. The first kappa shape index (κ1) is 21.4. The number of anilines is 1. The molecular weight excluding hydrogens is 406 g/mol. The highest BCUT2D eigenvalue weighted by atomic mass is 16.5. The van der Waals surface area contributed by atoms with Crippen molar-refractivity contribution in [2.75, 3.05) is 19.1 Å².